The lowest BCUT2D eigenvalue weighted by Gasteiger charge is -2.06. The molecule has 27 heavy (non-hydrogen) atoms. The van der Waals surface area contributed by atoms with E-state index in [0.29, 0.717) is 0 Å². The molecule has 0 aliphatic heterocycles. The van der Waals surface area contributed by atoms with Crippen LogP contribution in [0.4, 0.5) is 17.1 Å². The number of para-hydroxylation sites is 3. The zero-order valence-corrected chi connectivity index (χ0v) is 15.1. The van der Waals surface area contributed by atoms with Crippen molar-refractivity contribution in [2.45, 2.75) is 0 Å². The molecule has 7 nitrogen and oxygen atoms in total. The highest BCUT2D eigenvalue weighted by Crippen LogP contribution is 2.07. The van der Waals surface area contributed by atoms with Crippen LogP contribution in [0.3, 0.4) is 0 Å². The first-order valence-corrected chi connectivity index (χ1v) is 9.28. The molecular weight excluding hydrogens is 366 g/mol. The zero-order chi connectivity index (χ0) is 19.5. The van der Waals surface area contributed by atoms with Gasteiger partial charge in [-0.1, -0.05) is 54.6 Å². The molecule has 0 bridgehead atoms. The van der Waals surface area contributed by atoms with Crippen LogP contribution in [-0.2, 0) is 10.4 Å². The van der Waals surface area contributed by atoms with Gasteiger partial charge in [-0.25, -0.2) is 24.0 Å². The van der Waals surface area contributed by atoms with E-state index in [4.69, 9.17) is 17.5 Å². The molecule has 0 aromatic heterocycles. The number of anilines is 2. The van der Waals surface area contributed by atoms with Gasteiger partial charge in [0.05, 0.1) is 17.1 Å². The maximum Gasteiger partial charge on any atom is 0.358 e. The molecule has 0 radical (unpaired) electrons. The average molecular weight is 385 g/mol. The number of hydrogen-bond donors (Lipinski definition) is 4. The maximum atomic E-state index is 8.63. The van der Waals surface area contributed by atoms with Gasteiger partial charge >= 0.3 is 5.96 Å². The summed E-state index contributed by atoms with van der Waals surface area (Å²) in [6, 6.07) is 30.2. The van der Waals surface area contributed by atoms with Crippen molar-refractivity contribution in [3.05, 3.63) is 91.0 Å². The van der Waals surface area contributed by atoms with Crippen LogP contribution < -0.4 is 15.6 Å². The summed E-state index contributed by atoms with van der Waals surface area (Å²) in [6.45, 7) is 0. The minimum absolute atomic E-state index is 0.809. The van der Waals surface area contributed by atoms with Crippen LogP contribution in [0.15, 0.2) is 91.0 Å². The van der Waals surface area contributed by atoms with Crippen molar-refractivity contribution < 1.29 is 22.5 Å². The fourth-order valence-electron chi connectivity index (χ4n) is 2.09. The minimum atomic E-state index is -4.92. The molecule has 140 valence electrons. The first-order chi connectivity index (χ1) is 12.9. The Morgan fingerprint density at radius 2 is 1.07 bits per heavy atom. The van der Waals surface area contributed by atoms with Gasteiger partial charge in [0, 0.05) is 0 Å². The van der Waals surface area contributed by atoms with E-state index >= 15 is 0 Å². The Hall–Kier alpha value is -3.20. The third-order valence-corrected chi connectivity index (χ3v) is 3.13. The molecule has 3 aromatic rings. The van der Waals surface area contributed by atoms with Gasteiger partial charge in [0.1, 0.15) is 0 Å². The van der Waals surface area contributed by atoms with Gasteiger partial charge in [0.15, 0.2) is 0 Å². The molecule has 0 atom stereocenters. The number of nitrogens with one attached hydrogen (secondary N) is 3. The summed E-state index contributed by atoms with van der Waals surface area (Å²) in [5, 5.41) is 6.74. The van der Waals surface area contributed by atoms with E-state index < -0.39 is 10.4 Å². The van der Waals surface area contributed by atoms with Crippen LogP contribution in [0.25, 0.3) is 0 Å². The predicted octanol–water partition coefficient (Wildman–Crippen LogP) is 1.98. The Balaban J connectivity index is 0.000000465. The van der Waals surface area contributed by atoms with E-state index in [1.165, 1.54) is 0 Å². The second kappa shape index (κ2) is 10.1. The molecule has 0 amide bonds. The van der Waals surface area contributed by atoms with Crippen molar-refractivity contribution in [2.24, 2.45) is 0 Å². The van der Waals surface area contributed by atoms with Gasteiger partial charge in [-0.15, -0.1) is 0 Å². The van der Waals surface area contributed by atoms with Crippen molar-refractivity contribution in [3.8, 4) is 0 Å². The van der Waals surface area contributed by atoms with Crippen LogP contribution in [-0.4, -0.2) is 23.5 Å². The van der Waals surface area contributed by atoms with Gasteiger partial charge in [0.2, 0.25) is 10.4 Å². The van der Waals surface area contributed by atoms with Crippen LogP contribution in [0.5, 0.6) is 0 Å². The summed E-state index contributed by atoms with van der Waals surface area (Å²) < 4.78 is 32.8. The largest absolute Gasteiger partial charge is 0.726 e. The Morgan fingerprint density at radius 3 is 1.44 bits per heavy atom. The standard InChI is InChI=1S/C19H17N3.H2O4S/c1-4-10-16(11-5-1)20-19(21-17-12-6-2-7-13-17)22-18-14-8-3-9-15-18;1-5(2,3)4/h1-15H,(H2,20,21,22);(H2,1,2,3,4). The summed E-state index contributed by atoms with van der Waals surface area (Å²) in [7, 11) is -4.92. The molecular formula is C19H19N3O4S. The normalized spacial score (nSPS) is 10.1. The van der Waals surface area contributed by atoms with Gasteiger partial charge in [-0.2, -0.15) is 0 Å². The van der Waals surface area contributed by atoms with Crippen LogP contribution in [0.1, 0.15) is 0 Å². The summed E-state index contributed by atoms with van der Waals surface area (Å²) in [5.41, 5.74) is 3.05. The van der Waals surface area contributed by atoms with Crippen molar-refractivity contribution in [2.75, 3.05) is 10.6 Å². The molecule has 3 aromatic carbocycles. The van der Waals surface area contributed by atoms with E-state index in [9.17, 15) is 0 Å². The Morgan fingerprint density at radius 1 is 0.741 bits per heavy atom. The molecule has 0 unspecified atom stereocenters. The van der Waals surface area contributed by atoms with Gasteiger partial charge in [-0.05, 0) is 36.4 Å². The van der Waals surface area contributed by atoms with Crippen molar-refractivity contribution in [1.82, 2.24) is 0 Å². The summed E-state index contributed by atoms with van der Waals surface area (Å²) >= 11 is 0. The maximum absolute atomic E-state index is 8.63. The highest BCUT2D eigenvalue weighted by Gasteiger charge is 2.08. The predicted molar refractivity (Wildman–Crippen MR) is 105 cm³/mol. The number of guanidine groups is 1. The lowest BCUT2D eigenvalue weighted by molar-refractivity contribution is -0.353. The molecule has 0 aliphatic carbocycles. The average Bonchev–Trinajstić information content (AvgIpc) is 2.63. The molecule has 0 aliphatic rings. The molecule has 8 heteroatoms. The van der Waals surface area contributed by atoms with E-state index in [1.807, 2.05) is 91.0 Å². The first-order valence-electron chi connectivity index (χ1n) is 7.91. The summed E-state index contributed by atoms with van der Waals surface area (Å²) in [6.07, 6.45) is 0. The van der Waals surface area contributed by atoms with Crippen molar-refractivity contribution >= 4 is 33.4 Å². The molecule has 0 saturated heterocycles. The molecule has 0 spiro atoms. The summed E-state index contributed by atoms with van der Waals surface area (Å²) in [4.78, 5) is 3.37. The van der Waals surface area contributed by atoms with Crippen LogP contribution in [0.2, 0.25) is 0 Å². The third kappa shape index (κ3) is 9.17. The highest BCUT2D eigenvalue weighted by atomic mass is 32.3. The van der Waals surface area contributed by atoms with Gasteiger partial charge in [-0.3, -0.25) is 4.55 Å². The van der Waals surface area contributed by atoms with E-state index in [2.05, 4.69) is 15.6 Å². The first kappa shape index (κ1) is 20.1. The highest BCUT2D eigenvalue weighted by molar-refractivity contribution is 7.79. The Bertz CT molecular complexity index is 897. The smallest absolute Gasteiger partial charge is 0.358 e. The monoisotopic (exact) mass is 385 g/mol. The van der Waals surface area contributed by atoms with E-state index in [1.54, 1.807) is 0 Å². The zero-order valence-electron chi connectivity index (χ0n) is 14.2. The number of hydrogen-bond acceptors (Lipinski definition) is 3. The third-order valence-electron chi connectivity index (χ3n) is 3.13. The Kier molecular flexibility index (Phi) is 7.50. The van der Waals surface area contributed by atoms with Crippen LogP contribution in [0, 0.1) is 0 Å². The lowest BCUT2D eigenvalue weighted by atomic mass is 10.3. The van der Waals surface area contributed by atoms with Gasteiger partial charge < -0.3 is 4.55 Å². The summed E-state index contributed by atoms with van der Waals surface area (Å²) in [5.74, 6) is 0.809. The van der Waals surface area contributed by atoms with Crippen molar-refractivity contribution in [1.29, 1.82) is 0 Å². The minimum Gasteiger partial charge on any atom is -0.726 e. The molecule has 0 saturated carbocycles. The van der Waals surface area contributed by atoms with Crippen molar-refractivity contribution in [3.63, 3.8) is 0 Å². The molecule has 3 rings (SSSR count). The SMILES string of the molecule is O=S(=O)([O-])O.c1ccc(NC(Nc2ccccc2)=[NH+]c2ccccc2)cc1. The molecule has 0 fully saturated rings. The van der Waals surface area contributed by atoms with Crippen LogP contribution >= 0.6 is 0 Å². The number of benzene rings is 3. The quantitative estimate of drug-likeness (QED) is 0.237. The van der Waals surface area contributed by atoms with E-state index in [-0.39, 0.29) is 0 Å². The fraction of sp³-hybridized carbons (Fsp3) is 0. The van der Waals surface area contributed by atoms with E-state index in [0.717, 1.165) is 23.0 Å². The fourth-order valence-corrected chi connectivity index (χ4v) is 2.09. The lowest BCUT2D eigenvalue weighted by Crippen LogP contribution is -2.70. The molecule has 4 N–H and O–H groups in total. The molecule has 0 heterocycles. The topological polar surface area (TPSA) is 115 Å². The second-order valence-electron chi connectivity index (χ2n) is 5.28. The number of rotatable bonds is 3. The Labute approximate surface area is 158 Å². The van der Waals surface area contributed by atoms with Gasteiger partial charge in [0.25, 0.3) is 0 Å². The second-order valence-corrected chi connectivity index (χ2v) is 6.13.